The van der Waals surface area contributed by atoms with E-state index in [1.807, 2.05) is 38.1 Å². The quantitative estimate of drug-likeness (QED) is 0.195. The second-order valence-corrected chi connectivity index (χ2v) is 10.8. The summed E-state index contributed by atoms with van der Waals surface area (Å²) in [6.07, 6.45) is 0.123. The van der Waals surface area contributed by atoms with Crippen LogP contribution >= 0.6 is 11.7 Å². The van der Waals surface area contributed by atoms with E-state index in [1.54, 1.807) is 42.5 Å². The van der Waals surface area contributed by atoms with E-state index in [9.17, 15) is 14.7 Å². The second kappa shape index (κ2) is 12.3. The number of aliphatic carboxylic acids is 1. The third-order valence-electron chi connectivity index (χ3n) is 6.01. The van der Waals surface area contributed by atoms with Gasteiger partial charge in [0, 0.05) is 23.1 Å². The van der Waals surface area contributed by atoms with Crippen LogP contribution in [0.4, 0.5) is 0 Å². The molecule has 0 saturated carbocycles. The first-order chi connectivity index (χ1) is 17.5. The predicted octanol–water partition coefficient (Wildman–Crippen LogP) is 2.41. The van der Waals surface area contributed by atoms with Crippen LogP contribution in [0.1, 0.15) is 61.7 Å². The van der Waals surface area contributed by atoms with Gasteiger partial charge in [-0.25, -0.2) is 0 Å². The molecule has 0 saturated heterocycles. The number of ether oxygens (including phenoxy) is 1. The second-order valence-electron chi connectivity index (χ2n) is 10.3. The van der Waals surface area contributed by atoms with Crippen LogP contribution in [0.3, 0.4) is 0 Å². The van der Waals surface area contributed by atoms with Crippen molar-refractivity contribution in [1.29, 1.82) is 0 Å². The summed E-state index contributed by atoms with van der Waals surface area (Å²) >= 11 is 1.05. The molecule has 0 aliphatic carbocycles. The Morgan fingerprint density at radius 3 is 2.08 bits per heavy atom. The number of allylic oxidation sites excluding steroid dienone is 1. The number of benzene rings is 3. The Hall–Kier alpha value is -2.84. The maximum atomic E-state index is 13.8. The topological polar surface area (TPSA) is 92.2 Å². The maximum absolute atomic E-state index is 13.8. The number of hydrogen-bond acceptors (Lipinski definition) is 7. The molecule has 8 heteroatoms. The Labute approximate surface area is 249 Å². The summed E-state index contributed by atoms with van der Waals surface area (Å²) < 4.78 is 14.1. The predicted molar refractivity (Wildman–Crippen MR) is 145 cm³/mol. The summed E-state index contributed by atoms with van der Waals surface area (Å²) in [5.41, 5.74) is 3.89. The summed E-state index contributed by atoms with van der Waals surface area (Å²) in [5.74, 6) is -1.17. The largest absolute Gasteiger partial charge is 1.00 e. The first-order valence-electron chi connectivity index (χ1n) is 12.1. The summed E-state index contributed by atoms with van der Waals surface area (Å²) in [5, 5.41) is 12.5. The minimum Gasteiger partial charge on any atom is -0.545 e. The number of fused-ring (bicyclic) bond motifs is 1. The fourth-order valence-electron chi connectivity index (χ4n) is 4.09. The molecule has 1 aromatic heterocycles. The molecule has 4 rings (SSSR count). The minimum absolute atomic E-state index is 0. The normalized spacial score (nSPS) is 12.2. The maximum Gasteiger partial charge on any atom is 1.00 e. The molecule has 6 nitrogen and oxygen atoms in total. The van der Waals surface area contributed by atoms with Crippen molar-refractivity contribution in [2.75, 3.05) is 0 Å². The summed E-state index contributed by atoms with van der Waals surface area (Å²) in [6.45, 7) is 10.2. The molecule has 38 heavy (non-hydrogen) atoms. The van der Waals surface area contributed by atoms with Gasteiger partial charge in [-0.3, -0.25) is 4.79 Å². The zero-order chi connectivity index (χ0) is 26.7. The molecule has 3 aromatic carbocycles. The van der Waals surface area contributed by atoms with Gasteiger partial charge in [-0.2, -0.15) is 8.75 Å². The van der Waals surface area contributed by atoms with E-state index in [1.165, 1.54) is 0 Å². The van der Waals surface area contributed by atoms with E-state index in [0.29, 0.717) is 27.9 Å². The number of carboxylic acids is 1. The van der Waals surface area contributed by atoms with Gasteiger partial charge in [-0.05, 0) is 72.4 Å². The van der Waals surface area contributed by atoms with Crippen LogP contribution < -0.4 is 39.4 Å². The zero-order valence-electron chi connectivity index (χ0n) is 22.6. The van der Waals surface area contributed by atoms with Gasteiger partial charge in [0.2, 0.25) is 0 Å². The van der Waals surface area contributed by atoms with Gasteiger partial charge in [0.15, 0.2) is 5.78 Å². The van der Waals surface area contributed by atoms with Crippen molar-refractivity contribution in [3.05, 3.63) is 94.6 Å². The van der Waals surface area contributed by atoms with Crippen molar-refractivity contribution in [3.8, 4) is 5.75 Å². The van der Waals surface area contributed by atoms with Crippen molar-refractivity contribution in [2.45, 2.75) is 52.6 Å². The van der Waals surface area contributed by atoms with E-state index >= 15 is 0 Å². The summed E-state index contributed by atoms with van der Waals surface area (Å²) in [4.78, 5) is 26.4. The number of ketones is 1. The molecule has 0 unspecified atom stereocenters. The number of nitrogens with zero attached hydrogens (tertiary/aromatic N) is 2. The van der Waals surface area contributed by atoms with Crippen molar-refractivity contribution in [2.24, 2.45) is 0 Å². The Morgan fingerprint density at radius 2 is 1.50 bits per heavy atom. The molecule has 0 atom stereocenters. The zero-order valence-corrected chi connectivity index (χ0v) is 25.4. The Balaban J connectivity index is 0.00000400. The van der Waals surface area contributed by atoms with Crippen LogP contribution in [-0.4, -0.2) is 26.6 Å². The molecule has 0 aliphatic rings. The number of rotatable bonds is 8. The van der Waals surface area contributed by atoms with Crippen LogP contribution in [-0.2, 0) is 16.6 Å². The molecule has 0 fully saturated rings. The van der Waals surface area contributed by atoms with E-state index in [0.717, 1.165) is 22.9 Å². The first kappa shape index (κ1) is 29.7. The van der Waals surface area contributed by atoms with Gasteiger partial charge in [0.25, 0.3) is 0 Å². The molecule has 190 valence electrons. The summed E-state index contributed by atoms with van der Waals surface area (Å²) in [7, 11) is 0. The molecule has 0 amide bonds. The third kappa shape index (κ3) is 6.97. The molecular formula is C30H29N2NaO4S. The molecule has 0 aliphatic heterocycles. The number of carboxylic acid groups (broad SMARTS) is 1. The van der Waals surface area contributed by atoms with Gasteiger partial charge in [0.05, 0.1) is 23.8 Å². The van der Waals surface area contributed by atoms with Crippen LogP contribution in [0, 0.1) is 0 Å². The van der Waals surface area contributed by atoms with Gasteiger partial charge in [0.1, 0.15) is 16.8 Å². The minimum atomic E-state index is -1.42. The van der Waals surface area contributed by atoms with Crippen molar-refractivity contribution >= 4 is 40.1 Å². The average molecular weight is 537 g/mol. The molecule has 4 aromatic rings. The average Bonchev–Trinajstić information content (AvgIpc) is 3.31. The fourth-order valence-corrected chi connectivity index (χ4v) is 4.61. The van der Waals surface area contributed by atoms with Gasteiger partial charge >= 0.3 is 29.6 Å². The van der Waals surface area contributed by atoms with E-state index in [-0.39, 0.29) is 64.4 Å². The molecule has 0 radical (unpaired) electrons. The Bertz CT molecular complexity index is 1470. The van der Waals surface area contributed by atoms with Crippen LogP contribution in [0.25, 0.3) is 16.6 Å². The monoisotopic (exact) mass is 536 g/mol. The Morgan fingerprint density at radius 1 is 0.895 bits per heavy atom. The number of hydrogen-bond donors (Lipinski definition) is 0. The molecule has 0 bridgehead atoms. The van der Waals surface area contributed by atoms with E-state index in [4.69, 9.17) is 4.74 Å². The standard InChI is InChI=1S/C30H30N2O4S.Na/c1-18(2)36-23-13-8-20(9-14-23)28(33)24(16-19-6-11-22(12-7-19)30(3,4)5)27(29(34)35)21-10-15-25-26(17-21)32-37-31-25;/h6-15,17-18H,16H2,1-5H3,(H,34,35);/q;+1/p-1. The first-order valence-corrected chi connectivity index (χ1v) is 12.8. The summed E-state index contributed by atoms with van der Waals surface area (Å²) in [6, 6.07) is 19.6. The third-order valence-corrected chi connectivity index (χ3v) is 6.57. The van der Waals surface area contributed by atoms with Gasteiger partial charge in [-0.15, -0.1) is 0 Å². The van der Waals surface area contributed by atoms with E-state index in [2.05, 4.69) is 29.5 Å². The van der Waals surface area contributed by atoms with Crippen molar-refractivity contribution in [3.63, 3.8) is 0 Å². The number of Topliss-reactive ketones (excluding diaryl/α,β-unsaturated/α-hetero) is 1. The molecule has 1 heterocycles. The molecular weight excluding hydrogens is 507 g/mol. The smallest absolute Gasteiger partial charge is 0.545 e. The molecule has 0 spiro atoms. The SMILES string of the molecule is CC(C)Oc1ccc(C(=O)C(Cc2ccc(C(C)(C)C)cc2)=C(C(=O)[O-])c2ccc3nsnc3c2)cc1.[Na+]. The van der Waals surface area contributed by atoms with E-state index < -0.39 is 5.97 Å². The fraction of sp³-hybridized carbons (Fsp3) is 0.267. The van der Waals surface area contributed by atoms with Crippen LogP contribution in [0.5, 0.6) is 5.75 Å². The molecule has 0 N–H and O–H groups in total. The van der Waals surface area contributed by atoms with Crippen molar-refractivity contribution < 1.29 is 49.0 Å². The Kier molecular flexibility index (Phi) is 9.65. The van der Waals surface area contributed by atoms with Crippen molar-refractivity contribution in [1.82, 2.24) is 8.75 Å². The van der Waals surface area contributed by atoms with Crippen LogP contribution in [0.15, 0.2) is 72.3 Å². The van der Waals surface area contributed by atoms with Gasteiger partial charge in [-0.1, -0.05) is 51.1 Å². The van der Waals surface area contributed by atoms with Crippen LogP contribution in [0.2, 0.25) is 0 Å². The number of carbonyl (C=O) groups is 2. The number of carbonyl (C=O) groups excluding carboxylic acids is 2. The number of aromatic nitrogens is 2. The van der Waals surface area contributed by atoms with Gasteiger partial charge < -0.3 is 14.6 Å².